The number of anilines is 1. The number of nitrogen functional groups attached to an aromatic ring is 1. The molecule has 5 N–H and O–H groups in total. The van der Waals surface area contributed by atoms with Gasteiger partial charge in [-0.1, -0.05) is 0 Å². The maximum absolute atomic E-state index is 9.79. The van der Waals surface area contributed by atoms with Gasteiger partial charge in [0.05, 0.1) is 18.5 Å². The molecule has 0 radical (unpaired) electrons. The Morgan fingerprint density at radius 2 is 2.28 bits per heavy atom. The lowest BCUT2D eigenvalue weighted by Gasteiger charge is -2.13. The number of aliphatic hydroxyl groups excluding tert-OH is 1. The highest BCUT2D eigenvalue weighted by molar-refractivity contribution is 5.81. The predicted octanol–water partition coefficient (Wildman–Crippen LogP) is -0.984. The van der Waals surface area contributed by atoms with E-state index in [9.17, 15) is 5.11 Å². The Bertz CT molecular complexity index is 570. The summed E-state index contributed by atoms with van der Waals surface area (Å²) in [5, 5.41) is 9.79. The van der Waals surface area contributed by atoms with E-state index in [1.165, 1.54) is 6.33 Å². The van der Waals surface area contributed by atoms with E-state index >= 15 is 0 Å². The largest absolute Gasteiger partial charge is 0.390 e. The van der Waals surface area contributed by atoms with Crippen molar-refractivity contribution in [2.45, 2.75) is 24.9 Å². The molecule has 96 valence electrons. The highest BCUT2D eigenvalue weighted by atomic mass is 16.5. The van der Waals surface area contributed by atoms with Gasteiger partial charge in [-0.2, -0.15) is 0 Å². The van der Waals surface area contributed by atoms with Gasteiger partial charge in [0.25, 0.3) is 0 Å². The molecule has 2 aromatic rings. The van der Waals surface area contributed by atoms with Crippen LogP contribution in [0.4, 0.5) is 5.82 Å². The van der Waals surface area contributed by atoms with E-state index in [0.717, 1.165) is 0 Å². The molecule has 1 aliphatic rings. The molecule has 18 heavy (non-hydrogen) atoms. The second-order valence-electron chi connectivity index (χ2n) is 4.25. The summed E-state index contributed by atoms with van der Waals surface area (Å²) in [5.41, 5.74) is 12.4. The first-order valence-electron chi connectivity index (χ1n) is 5.67. The van der Waals surface area contributed by atoms with Crippen molar-refractivity contribution < 1.29 is 9.84 Å². The SMILES string of the molecule is NC[C@@H]1O[C@@H](n2cnc3c(N)ncnc32)C[C@@H]1O. The molecule has 8 nitrogen and oxygen atoms in total. The molecule has 0 saturated carbocycles. The number of aromatic nitrogens is 4. The molecular weight excluding hydrogens is 236 g/mol. The number of aliphatic hydroxyl groups is 1. The van der Waals surface area contributed by atoms with Crippen molar-refractivity contribution in [1.29, 1.82) is 0 Å². The number of hydrogen-bond donors (Lipinski definition) is 3. The third-order valence-corrected chi connectivity index (χ3v) is 3.13. The quantitative estimate of drug-likeness (QED) is 0.625. The topological polar surface area (TPSA) is 125 Å². The van der Waals surface area contributed by atoms with Crippen LogP contribution in [0.5, 0.6) is 0 Å². The molecular formula is C10H14N6O2. The Hall–Kier alpha value is -1.77. The number of hydrogen-bond acceptors (Lipinski definition) is 7. The fourth-order valence-electron chi connectivity index (χ4n) is 2.18. The second-order valence-corrected chi connectivity index (χ2v) is 4.25. The molecule has 1 saturated heterocycles. The number of nitrogens with zero attached hydrogens (tertiary/aromatic N) is 4. The number of imidazole rings is 1. The molecule has 0 aromatic carbocycles. The van der Waals surface area contributed by atoms with E-state index in [-0.39, 0.29) is 18.9 Å². The summed E-state index contributed by atoms with van der Waals surface area (Å²) in [6.45, 7) is 0.279. The standard InChI is InChI=1S/C10H14N6O2/c11-2-6-5(17)1-7(18-6)16-4-15-8-9(12)13-3-14-10(8)16/h3-7,17H,1-2,11H2,(H2,12,13,14)/t5-,6-,7+/m0/s1. The van der Waals surface area contributed by atoms with E-state index in [4.69, 9.17) is 16.2 Å². The fraction of sp³-hybridized carbons (Fsp3) is 0.500. The average Bonchev–Trinajstić information content (AvgIpc) is 2.93. The van der Waals surface area contributed by atoms with Gasteiger partial charge in [-0.05, 0) is 0 Å². The van der Waals surface area contributed by atoms with E-state index in [2.05, 4.69) is 15.0 Å². The van der Waals surface area contributed by atoms with Crippen LogP contribution in [0.15, 0.2) is 12.7 Å². The molecule has 8 heteroatoms. The summed E-state index contributed by atoms with van der Waals surface area (Å²) in [6.07, 6.45) is 2.17. The van der Waals surface area contributed by atoms with Crippen LogP contribution in [0.3, 0.4) is 0 Å². The minimum atomic E-state index is -0.573. The third-order valence-electron chi connectivity index (χ3n) is 3.13. The molecule has 3 rings (SSSR count). The highest BCUT2D eigenvalue weighted by Gasteiger charge is 2.34. The zero-order valence-electron chi connectivity index (χ0n) is 9.60. The van der Waals surface area contributed by atoms with Crippen LogP contribution in [-0.4, -0.2) is 43.4 Å². The monoisotopic (exact) mass is 250 g/mol. The van der Waals surface area contributed by atoms with Crippen LogP contribution in [0, 0.1) is 0 Å². The van der Waals surface area contributed by atoms with Crippen molar-refractivity contribution in [1.82, 2.24) is 19.5 Å². The fourth-order valence-corrected chi connectivity index (χ4v) is 2.18. The van der Waals surface area contributed by atoms with E-state index < -0.39 is 6.10 Å². The first kappa shape index (κ1) is 11.3. The maximum atomic E-state index is 9.79. The molecule has 2 aromatic heterocycles. The zero-order valence-corrected chi connectivity index (χ0v) is 9.60. The minimum absolute atomic E-state index is 0.279. The van der Waals surface area contributed by atoms with Gasteiger partial charge in [0.1, 0.15) is 18.1 Å². The Balaban J connectivity index is 1.99. The lowest BCUT2D eigenvalue weighted by atomic mass is 10.2. The molecule has 0 bridgehead atoms. The first-order chi connectivity index (χ1) is 8.70. The summed E-state index contributed by atoms with van der Waals surface area (Å²) in [4.78, 5) is 12.2. The molecule has 3 atom stereocenters. The predicted molar refractivity (Wildman–Crippen MR) is 63.3 cm³/mol. The van der Waals surface area contributed by atoms with Gasteiger partial charge in [-0.3, -0.25) is 4.57 Å². The molecule has 0 aliphatic carbocycles. The third kappa shape index (κ3) is 1.62. The van der Waals surface area contributed by atoms with E-state index in [0.29, 0.717) is 23.4 Å². The average molecular weight is 250 g/mol. The van der Waals surface area contributed by atoms with Crippen molar-refractivity contribution in [3.8, 4) is 0 Å². The van der Waals surface area contributed by atoms with Gasteiger partial charge < -0.3 is 21.3 Å². The molecule has 3 heterocycles. The van der Waals surface area contributed by atoms with Gasteiger partial charge in [0.2, 0.25) is 0 Å². The molecule has 0 amide bonds. The van der Waals surface area contributed by atoms with E-state index in [1.807, 2.05) is 0 Å². The summed E-state index contributed by atoms with van der Waals surface area (Å²) >= 11 is 0. The van der Waals surface area contributed by atoms with E-state index in [1.54, 1.807) is 10.9 Å². The van der Waals surface area contributed by atoms with Gasteiger partial charge >= 0.3 is 0 Å². The molecule has 1 aliphatic heterocycles. The van der Waals surface area contributed by atoms with Crippen LogP contribution in [-0.2, 0) is 4.74 Å². The number of fused-ring (bicyclic) bond motifs is 1. The van der Waals surface area contributed by atoms with Crippen LogP contribution in [0.2, 0.25) is 0 Å². The molecule has 0 unspecified atom stereocenters. The van der Waals surface area contributed by atoms with Crippen LogP contribution in [0.1, 0.15) is 12.6 Å². The van der Waals surface area contributed by atoms with Crippen molar-refractivity contribution in [2.24, 2.45) is 5.73 Å². The minimum Gasteiger partial charge on any atom is -0.390 e. The number of nitrogens with two attached hydrogens (primary N) is 2. The number of rotatable bonds is 2. The number of ether oxygens (including phenoxy) is 1. The van der Waals surface area contributed by atoms with Crippen molar-refractivity contribution in [3.05, 3.63) is 12.7 Å². The van der Waals surface area contributed by atoms with Gasteiger partial charge in [0, 0.05) is 13.0 Å². The maximum Gasteiger partial charge on any atom is 0.167 e. The normalized spacial score (nSPS) is 28.0. The Labute approximate surface area is 103 Å². The Kier molecular flexibility index (Phi) is 2.62. The van der Waals surface area contributed by atoms with Crippen molar-refractivity contribution in [3.63, 3.8) is 0 Å². The van der Waals surface area contributed by atoms with Gasteiger partial charge in [-0.15, -0.1) is 0 Å². The van der Waals surface area contributed by atoms with Gasteiger partial charge in [0.15, 0.2) is 11.5 Å². The zero-order chi connectivity index (χ0) is 12.7. The van der Waals surface area contributed by atoms with Crippen molar-refractivity contribution >= 4 is 17.0 Å². The van der Waals surface area contributed by atoms with Crippen LogP contribution >= 0.6 is 0 Å². The second kappa shape index (κ2) is 4.16. The Morgan fingerprint density at radius 3 is 3.00 bits per heavy atom. The Morgan fingerprint density at radius 1 is 1.44 bits per heavy atom. The lowest BCUT2D eigenvalue weighted by Crippen LogP contribution is -2.29. The van der Waals surface area contributed by atoms with Crippen molar-refractivity contribution in [2.75, 3.05) is 12.3 Å². The summed E-state index contributed by atoms with van der Waals surface area (Å²) in [7, 11) is 0. The summed E-state index contributed by atoms with van der Waals surface area (Å²) in [5.74, 6) is 0.327. The first-order valence-corrected chi connectivity index (χ1v) is 5.67. The van der Waals surface area contributed by atoms with Crippen LogP contribution < -0.4 is 11.5 Å². The lowest BCUT2D eigenvalue weighted by molar-refractivity contribution is -0.0115. The molecule has 0 spiro atoms. The van der Waals surface area contributed by atoms with Crippen LogP contribution in [0.25, 0.3) is 11.2 Å². The smallest absolute Gasteiger partial charge is 0.167 e. The highest BCUT2D eigenvalue weighted by Crippen LogP contribution is 2.30. The van der Waals surface area contributed by atoms with Gasteiger partial charge in [-0.25, -0.2) is 15.0 Å². The molecule has 1 fully saturated rings. The summed E-state index contributed by atoms with van der Waals surface area (Å²) < 4.78 is 7.40. The summed E-state index contributed by atoms with van der Waals surface area (Å²) in [6, 6.07) is 0.